The molecule has 0 atom stereocenters. The fraction of sp³-hybridized carbons (Fsp3) is 0.115. The predicted molar refractivity (Wildman–Crippen MR) is 126 cm³/mol. The Balaban J connectivity index is 1.74. The number of nitriles is 1. The molecule has 0 bridgehead atoms. The third-order valence-corrected chi connectivity index (χ3v) is 5.93. The second-order valence-electron chi connectivity index (χ2n) is 7.61. The van der Waals surface area contributed by atoms with Gasteiger partial charge >= 0.3 is 0 Å². The second-order valence-corrected chi connectivity index (χ2v) is 8.02. The van der Waals surface area contributed by atoms with Crippen molar-refractivity contribution >= 4 is 40.4 Å². The number of halogens is 1. The van der Waals surface area contributed by atoms with Gasteiger partial charge in [0.2, 0.25) is 0 Å². The van der Waals surface area contributed by atoms with Crippen LogP contribution in [-0.2, 0) is 16.1 Å². The third kappa shape index (κ3) is 3.89. The lowest BCUT2D eigenvalue weighted by atomic mass is 10.0. The van der Waals surface area contributed by atoms with Crippen LogP contribution in [0.4, 0.5) is 11.4 Å². The van der Waals surface area contributed by atoms with E-state index in [1.54, 1.807) is 35.2 Å². The molecule has 6 heteroatoms. The van der Waals surface area contributed by atoms with E-state index >= 15 is 0 Å². The molecule has 0 radical (unpaired) electrons. The van der Waals surface area contributed by atoms with Gasteiger partial charge in [-0.15, -0.1) is 0 Å². The molecule has 0 saturated heterocycles. The van der Waals surface area contributed by atoms with E-state index in [2.05, 4.69) is 5.32 Å². The first kappa shape index (κ1) is 21.4. The van der Waals surface area contributed by atoms with Crippen LogP contribution in [0.25, 0.3) is 5.57 Å². The smallest absolute Gasteiger partial charge is 0.267 e. The molecule has 4 rings (SSSR count). The molecule has 2 amide bonds. The van der Waals surface area contributed by atoms with Crippen LogP contribution in [0.1, 0.15) is 22.3 Å². The topological polar surface area (TPSA) is 73.2 Å². The molecule has 1 heterocycles. The van der Waals surface area contributed by atoms with Crippen molar-refractivity contribution in [1.82, 2.24) is 0 Å². The van der Waals surface area contributed by atoms with Crippen molar-refractivity contribution in [3.8, 4) is 6.07 Å². The molecular formula is C26H20ClN3O2. The highest BCUT2D eigenvalue weighted by molar-refractivity contribution is 6.38. The molecular weight excluding hydrogens is 422 g/mol. The molecule has 5 nitrogen and oxygen atoms in total. The summed E-state index contributed by atoms with van der Waals surface area (Å²) in [7, 11) is 0. The molecule has 3 aromatic carbocycles. The van der Waals surface area contributed by atoms with Gasteiger partial charge in [-0.25, -0.2) is 0 Å². The van der Waals surface area contributed by atoms with Gasteiger partial charge in [-0.1, -0.05) is 54.1 Å². The Morgan fingerprint density at radius 3 is 2.47 bits per heavy atom. The Labute approximate surface area is 191 Å². The molecule has 158 valence electrons. The zero-order chi connectivity index (χ0) is 22.8. The fourth-order valence-corrected chi connectivity index (χ4v) is 3.90. The summed E-state index contributed by atoms with van der Waals surface area (Å²) < 4.78 is 0. The standard InChI is InChI=1S/C26H20ClN3O2/c1-16-11-12-19(13-17(16)2)29-25(31)21(14-28)24-20-8-4-6-10-23(20)30(26(24)32)15-18-7-3-5-9-22(18)27/h3-13H,15H2,1-2H3,(H,29,31). The summed E-state index contributed by atoms with van der Waals surface area (Å²) in [5.41, 5.74) is 4.52. The van der Waals surface area contributed by atoms with Crippen LogP contribution in [0.3, 0.4) is 0 Å². The number of benzene rings is 3. The lowest BCUT2D eigenvalue weighted by Gasteiger charge is -2.18. The number of nitrogens with one attached hydrogen (secondary N) is 1. The molecule has 1 aliphatic heterocycles. The quantitative estimate of drug-likeness (QED) is 0.434. The molecule has 0 fully saturated rings. The zero-order valence-electron chi connectivity index (χ0n) is 17.6. The molecule has 0 aromatic heterocycles. The highest BCUT2D eigenvalue weighted by Crippen LogP contribution is 2.40. The maximum absolute atomic E-state index is 13.4. The highest BCUT2D eigenvalue weighted by Gasteiger charge is 2.36. The van der Waals surface area contributed by atoms with Crippen LogP contribution in [0, 0.1) is 25.2 Å². The number of hydrogen-bond acceptors (Lipinski definition) is 3. The van der Waals surface area contributed by atoms with Crippen molar-refractivity contribution in [3.63, 3.8) is 0 Å². The lowest BCUT2D eigenvalue weighted by Crippen LogP contribution is -2.27. The monoisotopic (exact) mass is 441 g/mol. The Morgan fingerprint density at radius 1 is 1.03 bits per heavy atom. The maximum Gasteiger partial charge on any atom is 0.267 e. The third-order valence-electron chi connectivity index (χ3n) is 5.56. The Hall–Kier alpha value is -3.88. The summed E-state index contributed by atoms with van der Waals surface area (Å²) >= 11 is 6.30. The number of carbonyl (C=O) groups is 2. The lowest BCUT2D eigenvalue weighted by molar-refractivity contribution is -0.114. The molecule has 0 unspecified atom stereocenters. The van der Waals surface area contributed by atoms with Gasteiger partial charge in [0.1, 0.15) is 11.6 Å². The van der Waals surface area contributed by atoms with Gasteiger partial charge in [0.25, 0.3) is 11.8 Å². The van der Waals surface area contributed by atoms with E-state index in [4.69, 9.17) is 11.6 Å². The van der Waals surface area contributed by atoms with E-state index in [9.17, 15) is 14.9 Å². The van der Waals surface area contributed by atoms with Crippen LogP contribution < -0.4 is 10.2 Å². The summed E-state index contributed by atoms with van der Waals surface area (Å²) in [5.74, 6) is -1.02. The highest BCUT2D eigenvalue weighted by atomic mass is 35.5. The van der Waals surface area contributed by atoms with Crippen LogP contribution >= 0.6 is 11.6 Å². The van der Waals surface area contributed by atoms with E-state index in [0.29, 0.717) is 22.0 Å². The number of hydrogen-bond donors (Lipinski definition) is 1. The summed E-state index contributed by atoms with van der Waals surface area (Å²) in [6.07, 6.45) is 0. The van der Waals surface area contributed by atoms with E-state index < -0.39 is 11.8 Å². The number of nitrogens with zero attached hydrogens (tertiary/aromatic N) is 2. The number of fused-ring (bicyclic) bond motifs is 1. The van der Waals surface area contributed by atoms with Crippen molar-refractivity contribution in [3.05, 3.63) is 99.6 Å². The van der Waals surface area contributed by atoms with Gasteiger partial charge in [0.15, 0.2) is 0 Å². The number of aryl methyl sites for hydroxylation is 2. The molecule has 1 N–H and O–H groups in total. The van der Waals surface area contributed by atoms with E-state index in [-0.39, 0.29) is 17.7 Å². The molecule has 0 aliphatic carbocycles. The van der Waals surface area contributed by atoms with E-state index in [1.807, 2.05) is 56.3 Å². The first-order valence-corrected chi connectivity index (χ1v) is 10.5. The van der Waals surface area contributed by atoms with Crippen LogP contribution in [0.5, 0.6) is 0 Å². The number of rotatable bonds is 4. The van der Waals surface area contributed by atoms with Crippen molar-refractivity contribution in [2.75, 3.05) is 10.2 Å². The van der Waals surface area contributed by atoms with E-state index in [1.165, 1.54) is 0 Å². The Morgan fingerprint density at radius 2 is 1.75 bits per heavy atom. The van der Waals surface area contributed by atoms with Crippen LogP contribution in [0.2, 0.25) is 5.02 Å². The van der Waals surface area contributed by atoms with Crippen molar-refractivity contribution < 1.29 is 9.59 Å². The first-order valence-electron chi connectivity index (χ1n) is 10.1. The molecule has 0 saturated carbocycles. The first-order chi connectivity index (χ1) is 15.4. The van der Waals surface area contributed by atoms with E-state index in [0.717, 1.165) is 16.7 Å². The fourth-order valence-electron chi connectivity index (χ4n) is 3.71. The second kappa shape index (κ2) is 8.70. The van der Waals surface area contributed by atoms with Gasteiger partial charge in [-0.2, -0.15) is 5.26 Å². The largest absolute Gasteiger partial charge is 0.321 e. The summed E-state index contributed by atoms with van der Waals surface area (Å²) in [5, 5.41) is 13.1. The zero-order valence-corrected chi connectivity index (χ0v) is 18.4. The number of amides is 2. The summed E-state index contributed by atoms with van der Waals surface area (Å²) in [6.45, 7) is 4.15. The minimum absolute atomic E-state index is 0.0940. The van der Waals surface area contributed by atoms with Crippen LogP contribution in [-0.4, -0.2) is 11.8 Å². The average molecular weight is 442 g/mol. The minimum Gasteiger partial charge on any atom is -0.321 e. The van der Waals surface area contributed by atoms with Gasteiger partial charge in [-0.3, -0.25) is 9.59 Å². The van der Waals surface area contributed by atoms with Gasteiger partial charge in [0, 0.05) is 16.3 Å². The van der Waals surface area contributed by atoms with Gasteiger partial charge in [-0.05, 0) is 54.8 Å². The number of carbonyl (C=O) groups excluding carboxylic acids is 2. The minimum atomic E-state index is -0.617. The van der Waals surface area contributed by atoms with Gasteiger partial charge in [0.05, 0.1) is 17.8 Å². The normalized spacial score (nSPS) is 14.1. The number of anilines is 2. The Bertz CT molecular complexity index is 1320. The maximum atomic E-state index is 13.4. The van der Waals surface area contributed by atoms with Crippen molar-refractivity contribution in [2.45, 2.75) is 20.4 Å². The van der Waals surface area contributed by atoms with Crippen LogP contribution in [0.15, 0.2) is 72.3 Å². The summed E-state index contributed by atoms with van der Waals surface area (Å²) in [4.78, 5) is 28.0. The molecule has 3 aromatic rings. The SMILES string of the molecule is Cc1ccc(NC(=O)C(C#N)=C2C(=O)N(Cc3ccccc3Cl)c3ccccc32)cc1C. The number of para-hydroxylation sites is 1. The van der Waals surface area contributed by atoms with Crippen molar-refractivity contribution in [1.29, 1.82) is 5.26 Å². The predicted octanol–water partition coefficient (Wildman–Crippen LogP) is 5.42. The van der Waals surface area contributed by atoms with Crippen molar-refractivity contribution in [2.24, 2.45) is 0 Å². The molecule has 0 spiro atoms. The van der Waals surface area contributed by atoms with Gasteiger partial charge < -0.3 is 10.2 Å². The Kier molecular flexibility index (Phi) is 5.81. The average Bonchev–Trinajstić information content (AvgIpc) is 3.05. The molecule has 1 aliphatic rings. The summed E-state index contributed by atoms with van der Waals surface area (Å²) in [6, 6.07) is 21.9. The molecule has 32 heavy (non-hydrogen) atoms.